The molecule has 0 saturated carbocycles. The van der Waals surface area contributed by atoms with Gasteiger partial charge in [0.1, 0.15) is 12.3 Å². The zero-order chi connectivity index (χ0) is 16.1. The third-order valence-corrected chi connectivity index (χ3v) is 4.84. The van der Waals surface area contributed by atoms with E-state index in [1.54, 1.807) is 16.4 Å². The van der Waals surface area contributed by atoms with Crippen molar-refractivity contribution in [2.24, 2.45) is 7.05 Å². The fraction of sp³-hybridized carbons (Fsp3) is 0.267. The number of rotatable bonds is 7. The number of nitrogens with zero attached hydrogens (tertiary/aromatic N) is 4. The van der Waals surface area contributed by atoms with Crippen LogP contribution in [-0.4, -0.2) is 32.5 Å². The largest absolute Gasteiger partial charge is 1.00 e. The van der Waals surface area contributed by atoms with Gasteiger partial charge < -0.3 is 22.1 Å². The highest BCUT2D eigenvalue weighted by molar-refractivity contribution is 9.10. The molecule has 0 saturated heterocycles. The number of furan rings is 1. The molecule has 9 heteroatoms. The van der Waals surface area contributed by atoms with Crippen LogP contribution in [0.1, 0.15) is 5.76 Å². The Morgan fingerprint density at radius 3 is 2.71 bits per heavy atom. The Balaban J connectivity index is 0.00000208. The molecule has 0 aliphatic carbocycles. The van der Waals surface area contributed by atoms with E-state index in [1.807, 2.05) is 43.4 Å². The fourth-order valence-electron chi connectivity index (χ4n) is 2.08. The minimum atomic E-state index is 0. The Labute approximate surface area is 158 Å². The van der Waals surface area contributed by atoms with E-state index in [9.17, 15) is 0 Å². The summed E-state index contributed by atoms with van der Waals surface area (Å²) in [6.45, 7) is 1.81. The summed E-state index contributed by atoms with van der Waals surface area (Å²) in [5.41, 5.74) is 1.09. The van der Waals surface area contributed by atoms with Crippen molar-refractivity contribution in [3.8, 4) is 11.3 Å². The first-order chi connectivity index (χ1) is 11.2. The van der Waals surface area contributed by atoms with Crippen LogP contribution in [0.3, 0.4) is 0 Å². The number of nitrogens with two attached hydrogens (primary N) is 1. The second kappa shape index (κ2) is 9.22. The van der Waals surface area contributed by atoms with Crippen molar-refractivity contribution in [1.29, 1.82) is 0 Å². The molecule has 0 amide bonds. The topological polar surface area (TPSA) is 73.3 Å². The molecule has 0 atom stereocenters. The van der Waals surface area contributed by atoms with Gasteiger partial charge in [-0.3, -0.25) is 0 Å². The third-order valence-electron chi connectivity index (χ3n) is 3.27. The van der Waals surface area contributed by atoms with E-state index < -0.39 is 0 Å². The Kier molecular flexibility index (Phi) is 7.29. The molecule has 0 bridgehead atoms. The summed E-state index contributed by atoms with van der Waals surface area (Å²) in [6.07, 6.45) is 0. The van der Waals surface area contributed by atoms with Crippen LogP contribution in [0.4, 0.5) is 0 Å². The second-order valence-electron chi connectivity index (χ2n) is 4.99. The Morgan fingerprint density at radius 1 is 1.21 bits per heavy atom. The smallest absolute Gasteiger partial charge is 0.209 e. The van der Waals surface area contributed by atoms with Gasteiger partial charge in [-0.2, -0.15) is 0 Å². The summed E-state index contributed by atoms with van der Waals surface area (Å²) in [5, 5.41) is 14.4. The summed E-state index contributed by atoms with van der Waals surface area (Å²) in [6, 6.07) is 12.2. The lowest BCUT2D eigenvalue weighted by atomic mass is 10.2. The van der Waals surface area contributed by atoms with E-state index in [1.165, 1.54) is 0 Å². The molecule has 2 aromatic heterocycles. The number of halogens is 2. The van der Waals surface area contributed by atoms with Crippen LogP contribution in [0.15, 0.2) is 50.4 Å². The van der Waals surface area contributed by atoms with Crippen LogP contribution in [0, 0.1) is 0 Å². The van der Waals surface area contributed by atoms with Crippen LogP contribution in [0.2, 0.25) is 0 Å². The summed E-state index contributed by atoms with van der Waals surface area (Å²) in [7, 11) is 1.85. The number of hydrogen-bond acceptors (Lipinski definition) is 5. The number of thioether (sulfide) groups is 1. The molecule has 3 aromatic rings. The van der Waals surface area contributed by atoms with Crippen molar-refractivity contribution >= 4 is 27.7 Å². The van der Waals surface area contributed by atoms with E-state index in [0.717, 1.165) is 45.6 Å². The van der Waals surface area contributed by atoms with Crippen LogP contribution in [0.5, 0.6) is 0 Å². The molecular formula is C15H17BrClN5OS. The molecule has 2 heterocycles. The zero-order valence-corrected chi connectivity index (χ0v) is 16.2. The van der Waals surface area contributed by atoms with Crippen LogP contribution in [-0.2, 0) is 13.6 Å². The predicted octanol–water partition coefficient (Wildman–Crippen LogP) is -0.908. The van der Waals surface area contributed by atoms with E-state index in [4.69, 9.17) is 4.42 Å². The molecule has 3 rings (SSSR count). The summed E-state index contributed by atoms with van der Waals surface area (Å²) in [5.74, 6) is 2.84. The van der Waals surface area contributed by atoms with E-state index in [0.29, 0.717) is 0 Å². The van der Waals surface area contributed by atoms with Gasteiger partial charge in [0, 0.05) is 17.1 Å². The monoisotopic (exact) mass is 429 g/mol. The van der Waals surface area contributed by atoms with Gasteiger partial charge in [-0.15, -0.1) is 5.10 Å². The fourth-order valence-corrected chi connectivity index (χ4v) is 3.13. The van der Waals surface area contributed by atoms with Crippen LogP contribution in [0.25, 0.3) is 11.3 Å². The number of aryl methyl sites for hydroxylation is 1. The normalized spacial score (nSPS) is 10.6. The number of benzene rings is 1. The first-order valence-electron chi connectivity index (χ1n) is 7.24. The quantitative estimate of drug-likeness (QED) is 0.388. The lowest BCUT2D eigenvalue weighted by Gasteiger charge is -2.00. The maximum absolute atomic E-state index is 5.89. The maximum Gasteiger partial charge on any atom is 0.209 e. The van der Waals surface area contributed by atoms with Gasteiger partial charge in [0.2, 0.25) is 5.16 Å². The van der Waals surface area contributed by atoms with Gasteiger partial charge in [-0.25, -0.2) is 4.68 Å². The lowest BCUT2D eigenvalue weighted by molar-refractivity contribution is -0.668. The second-order valence-corrected chi connectivity index (χ2v) is 6.97. The van der Waals surface area contributed by atoms with Crippen molar-refractivity contribution in [3.05, 3.63) is 46.6 Å². The van der Waals surface area contributed by atoms with Gasteiger partial charge in [-0.1, -0.05) is 39.8 Å². The number of tetrazole rings is 1. The molecule has 0 radical (unpaired) electrons. The highest BCUT2D eigenvalue weighted by Crippen LogP contribution is 2.23. The SMILES string of the molecule is Cn1nnnc1SCC[NH2+]Cc1ccc(-c2ccc(Br)cc2)o1.[Cl-]. The van der Waals surface area contributed by atoms with Crippen LogP contribution >= 0.6 is 27.7 Å². The molecule has 2 N–H and O–H groups in total. The predicted molar refractivity (Wildman–Crippen MR) is 91.9 cm³/mol. The van der Waals surface area contributed by atoms with Gasteiger partial charge in [-0.05, 0) is 34.7 Å². The molecule has 1 aromatic carbocycles. The number of quaternary nitrogens is 1. The Bertz CT molecular complexity index is 761. The molecule has 0 aliphatic heterocycles. The van der Waals surface area contributed by atoms with Gasteiger partial charge in [0.25, 0.3) is 0 Å². The zero-order valence-electron chi connectivity index (χ0n) is 13.0. The summed E-state index contributed by atoms with van der Waals surface area (Å²) < 4.78 is 8.64. The van der Waals surface area contributed by atoms with E-state index in [2.05, 4.69) is 36.8 Å². The van der Waals surface area contributed by atoms with Crippen molar-refractivity contribution in [2.75, 3.05) is 12.3 Å². The highest BCUT2D eigenvalue weighted by Gasteiger charge is 2.07. The molecule has 0 fully saturated rings. The third kappa shape index (κ3) is 5.07. The average molecular weight is 431 g/mol. The van der Waals surface area contributed by atoms with E-state index >= 15 is 0 Å². The molecule has 6 nitrogen and oxygen atoms in total. The van der Waals surface area contributed by atoms with Crippen molar-refractivity contribution in [1.82, 2.24) is 20.2 Å². The van der Waals surface area contributed by atoms with Crippen molar-refractivity contribution < 1.29 is 22.1 Å². The first kappa shape index (κ1) is 19.0. The highest BCUT2D eigenvalue weighted by atomic mass is 79.9. The molecule has 0 unspecified atom stereocenters. The summed E-state index contributed by atoms with van der Waals surface area (Å²) in [4.78, 5) is 0. The number of hydrogen-bond donors (Lipinski definition) is 1. The van der Waals surface area contributed by atoms with Crippen molar-refractivity contribution in [3.63, 3.8) is 0 Å². The first-order valence-corrected chi connectivity index (χ1v) is 9.02. The molecular weight excluding hydrogens is 414 g/mol. The van der Waals surface area contributed by atoms with E-state index in [-0.39, 0.29) is 12.4 Å². The lowest BCUT2D eigenvalue weighted by Crippen LogP contribution is -3.00. The average Bonchev–Trinajstić information content (AvgIpc) is 3.17. The summed E-state index contributed by atoms with van der Waals surface area (Å²) >= 11 is 5.09. The van der Waals surface area contributed by atoms with Crippen molar-refractivity contribution in [2.45, 2.75) is 11.7 Å². The van der Waals surface area contributed by atoms with Gasteiger partial charge in [0.05, 0.1) is 12.3 Å². The van der Waals surface area contributed by atoms with Crippen LogP contribution < -0.4 is 17.7 Å². The Morgan fingerprint density at radius 2 is 2.00 bits per heavy atom. The molecule has 24 heavy (non-hydrogen) atoms. The Hall–Kier alpha value is -1.35. The van der Waals surface area contributed by atoms with Gasteiger partial charge in [0.15, 0.2) is 5.76 Å². The molecule has 0 aliphatic rings. The minimum absolute atomic E-state index is 0. The maximum atomic E-state index is 5.89. The standard InChI is InChI=1S/C15H16BrN5OS.ClH/c1-21-15(18-19-20-21)23-9-8-17-10-13-6-7-14(22-13)11-2-4-12(16)5-3-11;/h2-7,17H,8-10H2,1H3;1H. The molecule has 128 valence electrons. The molecule has 0 spiro atoms. The van der Waals surface area contributed by atoms with Gasteiger partial charge >= 0.3 is 0 Å². The number of aromatic nitrogens is 4. The minimum Gasteiger partial charge on any atom is -1.00 e.